The van der Waals surface area contributed by atoms with Crippen molar-refractivity contribution in [2.75, 3.05) is 0 Å². The highest BCUT2D eigenvalue weighted by Crippen LogP contribution is 2.28. The highest BCUT2D eigenvalue weighted by Gasteiger charge is 2.29. The number of Topliss-reactive ketones (excluding diaryl/α,β-unsaturated/α-hetero) is 1. The Morgan fingerprint density at radius 1 is 0.949 bits per heavy atom. The van der Waals surface area contributed by atoms with E-state index in [1.165, 1.54) is 23.9 Å². The molecule has 1 heterocycles. The number of carboxylic acid groups (broad SMARTS) is 1. The van der Waals surface area contributed by atoms with Gasteiger partial charge in [0.15, 0.2) is 11.6 Å². The zero-order valence-electron chi connectivity index (χ0n) is 20.1. The first-order valence-electron chi connectivity index (χ1n) is 11.4. The molecule has 0 bridgehead atoms. The Hall–Kier alpha value is -3.29. The number of carbonyl (C=O) groups excluding carboxylic acids is 1. The Balaban J connectivity index is 1.48. The van der Waals surface area contributed by atoms with E-state index in [1.807, 2.05) is 30.3 Å². The number of benzene rings is 3. The SMILES string of the molecule is O=C(O)CC(NS(=O)(=O)c1ccc(Sc2ccccc2)cc1)C(=O)Cn1nnnc1Cc1c(Cl)cccc1Cl. The molecule has 0 aliphatic carbocycles. The Kier molecular flexibility index (Phi) is 9.36. The summed E-state index contributed by atoms with van der Waals surface area (Å²) in [4.78, 5) is 26.2. The molecule has 0 saturated heterocycles. The van der Waals surface area contributed by atoms with Crippen molar-refractivity contribution in [3.63, 3.8) is 0 Å². The molecule has 2 N–H and O–H groups in total. The third-order valence-corrected chi connectivity index (χ3v) is 8.70. The van der Waals surface area contributed by atoms with Crippen molar-refractivity contribution in [1.29, 1.82) is 0 Å². The molecule has 4 aromatic rings. The first kappa shape index (κ1) is 28.7. The van der Waals surface area contributed by atoms with Gasteiger partial charge in [0, 0.05) is 26.3 Å². The fourth-order valence-corrected chi connectivity index (χ4v) is 6.14. The molecule has 4 rings (SSSR count). The summed E-state index contributed by atoms with van der Waals surface area (Å²) in [6, 6.07) is 19.0. The van der Waals surface area contributed by atoms with E-state index in [1.54, 1.807) is 30.3 Å². The number of nitrogens with one attached hydrogen (secondary N) is 1. The molecule has 0 aliphatic rings. The van der Waals surface area contributed by atoms with Crippen molar-refractivity contribution in [3.8, 4) is 0 Å². The lowest BCUT2D eigenvalue weighted by atomic mass is 10.1. The average Bonchev–Trinajstić information content (AvgIpc) is 3.33. The van der Waals surface area contributed by atoms with E-state index >= 15 is 0 Å². The summed E-state index contributed by atoms with van der Waals surface area (Å²) < 4.78 is 29.5. The first-order chi connectivity index (χ1) is 18.6. The van der Waals surface area contributed by atoms with Gasteiger partial charge in [0.05, 0.1) is 17.4 Å². The predicted molar refractivity (Wildman–Crippen MR) is 145 cm³/mol. The van der Waals surface area contributed by atoms with Crippen molar-refractivity contribution in [1.82, 2.24) is 24.9 Å². The summed E-state index contributed by atoms with van der Waals surface area (Å²) in [6.45, 7) is -0.475. The molecule has 202 valence electrons. The van der Waals surface area contributed by atoms with Crippen molar-refractivity contribution in [3.05, 3.63) is 94.2 Å². The summed E-state index contributed by atoms with van der Waals surface area (Å²) in [5.41, 5.74) is 0.543. The quantitative estimate of drug-likeness (QED) is 0.243. The van der Waals surface area contributed by atoms with Gasteiger partial charge >= 0.3 is 5.97 Å². The van der Waals surface area contributed by atoms with Gasteiger partial charge in [0.25, 0.3) is 0 Å². The van der Waals surface area contributed by atoms with Crippen LogP contribution in [0.25, 0.3) is 0 Å². The van der Waals surface area contributed by atoms with Crippen LogP contribution < -0.4 is 4.72 Å². The number of rotatable bonds is 12. The van der Waals surface area contributed by atoms with E-state index in [0.717, 1.165) is 14.5 Å². The largest absolute Gasteiger partial charge is 0.481 e. The maximum absolute atomic E-state index is 13.1. The van der Waals surface area contributed by atoms with E-state index in [-0.39, 0.29) is 17.1 Å². The number of nitrogens with zero attached hydrogens (tertiary/aromatic N) is 4. The number of tetrazole rings is 1. The van der Waals surface area contributed by atoms with Crippen LogP contribution >= 0.6 is 35.0 Å². The van der Waals surface area contributed by atoms with Crippen molar-refractivity contribution >= 4 is 56.7 Å². The molecule has 0 fully saturated rings. The van der Waals surface area contributed by atoms with Crippen LogP contribution in [0, 0.1) is 0 Å². The van der Waals surface area contributed by atoms with Gasteiger partial charge in [-0.25, -0.2) is 13.1 Å². The van der Waals surface area contributed by atoms with Crippen LogP contribution in [-0.2, 0) is 32.6 Å². The van der Waals surface area contributed by atoms with Crippen LogP contribution in [0.4, 0.5) is 0 Å². The van der Waals surface area contributed by atoms with Crippen LogP contribution in [-0.4, -0.2) is 51.5 Å². The lowest BCUT2D eigenvalue weighted by molar-refractivity contribution is -0.139. The van der Waals surface area contributed by atoms with E-state index < -0.39 is 40.8 Å². The van der Waals surface area contributed by atoms with Gasteiger partial charge in [-0.3, -0.25) is 9.59 Å². The monoisotopic (exact) mass is 605 g/mol. The highest BCUT2D eigenvalue weighted by atomic mass is 35.5. The topological polar surface area (TPSA) is 144 Å². The fourth-order valence-electron chi connectivity index (χ4n) is 3.55. The summed E-state index contributed by atoms with van der Waals surface area (Å²) in [5, 5.41) is 21.4. The van der Waals surface area contributed by atoms with Crippen LogP contribution in [0.5, 0.6) is 0 Å². The van der Waals surface area contributed by atoms with Gasteiger partial charge in [-0.05, 0) is 64.5 Å². The smallest absolute Gasteiger partial charge is 0.305 e. The van der Waals surface area contributed by atoms with Gasteiger partial charge in [0.1, 0.15) is 6.54 Å². The number of aromatic nitrogens is 4. The molecule has 0 spiro atoms. The third-order valence-electron chi connectivity index (χ3n) is 5.49. The van der Waals surface area contributed by atoms with Crippen molar-refractivity contribution in [2.24, 2.45) is 0 Å². The van der Waals surface area contributed by atoms with Gasteiger partial charge < -0.3 is 5.11 Å². The summed E-state index contributed by atoms with van der Waals surface area (Å²) in [7, 11) is -4.23. The van der Waals surface area contributed by atoms with Crippen molar-refractivity contribution in [2.45, 2.75) is 40.1 Å². The molecule has 1 aromatic heterocycles. The second-order valence-electron chi connectivity index (χ2n) is 8.25. The molecule has 0 amide bonds. The second kappa shape index (κ2) is 12.7. The minimum absolute atomic E-state index is 0.0987. The van der Waals surface area contributed by atoms with E-state index in [9.17, 15) is 23.1 Å². The lowest BCUT2D eigenvalue weighted by Gasteiger charge is -2.17. The number of hydrogen-bond donors (Lipinski definition) is 2. The van der Waals surface area contributed by atoms with Crippen LogP contribution in [0.15, 0.2) is 87.5 Å². The van der Waals surface area contributed by atoms with Gasteiger partial charge in [-0.1, -0.05) is 59.2 Å². The molecule has 1 unspecified atom stereocenters. The number of hydrogen-bond acceptors (Lipinski definition) is 8. The van der Waals surface area contributed by atoms with Gasteiger partial charge in [0.2, 0.25) is 10.0 Å². The standard InChI is InChI=1S/C25H21Cl2N5O5S2/c26-20-7-4-8-21(27)19(20)13-24-28-30-31-32(24)15-23(33)22(14-25(34)35)29-39(36,37)18-11-9-17(10-12-18)38-16-5-2-1-3-6-16/h1-12,22,29H,13-15H2,(H,34,35). The van der Waals surface area contributed by atoms with Crippen molar-refractivity contribution < 1.29 is 23.1 Å². The number of sulfonamides is 1. The second-order valence-corrected chi connectivity index (χ2v) is 11.9. The number of carboxylic acids is 1. The lowest BCUT2D eigenvalue weighted by Crippen LogP contribution is -2.43. The van der Waals surface area contributed by atoms with Gasteiger partial charge in [-0.2, -0.15) is 4.72 Å². The number of aliphatic carboxylic acids is 1. The third kappa shape index (κ3) is 7.64. The molecule has 1 atom stereocenters. The van der Waals surface area contributed by atoms with E-state index in [2.05, 4.69) is 20.2 Å². The summed E-state index contributed by atoms with van der Waals surface area (Å²) >= 11 is 13.9. The minimum Gasteiger partial charge on any atom is -0.481 e. The minimum atomic E-state index is -4.23. The Morgan fingerprint density at radius 3 is 2.23 bits per heavy atom. The molecule has 0 radical (unpaired) electrons. The zero-order valence-corrected chi connectivity index (χ0v) is 23.2. The van der Waals surface area contributed by atoms with E-state index in [4.69, 9.17) is 23.2 Å². The summed E-state index contributed by atoms with van der Waals surface area (Å²) in [6.07, 6.45) is -0.671. The molecule has 10 nitrogen and oxygen atoms in total. The van der Waals surface area contributed by atoms with Crippen LogP contribution in [0.1, 0.15) is 17.8 Å². The maximum atomic E-state index is 13.1. The van der Waals surface area contributed by atoms with Gasteiger partial charge in [-0.15, -0.1) is 5.10 Å². The fraction of sp³-hybridized carbons (Fsp3) is 0.160. The average molecular weight is 607 g/mol. The molecule has 0 saturated carbocycles. The summed E-state index contributed by atoms with van der Waals surface area (Å²) in [5.74, 6) is -1.86. The van der Waals surface area contributed by atoms with Crippen LogP contribution in [0.3, 0.4) is 0 Å². The van der Waals surface area contributed by atoms with E-state index in [0.29, 0.717) is 15.6 Å². The molecular weight excluding hydrogens is 585 g/mol. The molecular formula is C25H21Cl2N5O5S2. The normalized spacial score (nSPS) is 12.3. The Labute approximate surface area is 238 Å². The molecule has 39 heavy (non-hydrogen) atoms. The molecule has 3 aromatic carbocycles. The Bertz CT molecular complexity index is 1560. The first-order valence-corrected chi connectivity index (χ1v) is 14.5. The number of carbonyl (C=O) groups is 2. The maximum Gasteiger partial charge on any atom is 0.305 e. The highest BCUT2D eigenvalue weighted by molar-refractivity contribution is 7.99. The Morgan fingerprint density at radius 2 is 1.59 bits per heavy atom. The zero-order chi connectivity index (χ0) is 28.0. The number of halogens is 2. The predicted octanol–water partition coefficient (Wildman–Crippen LogP) is 4.11. The number of ketones is 1. The molecule has 0 aliphatic heterocycles. The van der Waals surface area contributed by atoms with Crippen LogP contribution in [0.2, 0.25) is 10.0 Å². The molecule has 14 heteroatoms.